The molecule has 0 amide bonds. The zero-order chi connectivity index (χ0) is 12.6. The van der Waals surface area contributed by atoms with Gasteiger partial charge in [0.25, 0.3) is 0 Å². The lowest BCUT2D eigenvalue weighted by atomic mass is 9.95. The molecule has 4 heteroatoms. The van der Waals surface area contributed by atoms with Gasteiger partial charge in [0.1, 0.15) is 0 Å². The molecule has 1 aromatic carbocycles. The third-order valence-electron chi connectivity index (χ3n) is 3.09. The van der Waals surface area contributed by atoms with Crippen LogP contribution in [0.4, 0.5) is 0 Å². The molecule has 0 saturated carbocycles. The summed E-state index contributed by atoms with van der Waals surface area (Å²) in [5, 5.41) is 4.74. The Kier molecular flexibility index (Phi) is 3.22. The van der Waals surface area contributed by atoms with Crippen LogP contribution in [0, 0.1) is 13.8 Å². The third kappa shape index (κ3) is 2.08. The number of rotatable bonds is 2. The Morgan fingerprint density at radius 1 is 1.29 bits per heavy atom. The van der Waals surface area contributed by atoms with Gasteiger partial charge in [0.2, 0.25) is 0 Å². The van der Waals surface area contributed by atoms with Gasteiger partial charge in [-0.05, 0) is 30.5 Å². The van der Waals surface area contributed by atoms with E-state index < -0.39 is 0 Å². The van der Waals surface area contributed by atoms with Crippen molar-refractivity contribution in [3.05, 3.63) is 51.8 Å². The van der Waals surface area contributed by atoms with E-state index in [1.807, 2.05) is 13.1 Å². The van der Waals surface area contributed by atoms with Crippen LogP contribution >= 0.6 is 11.6 Å². The summed E-state index contributed by atoms with van der Waals surface area (Å²) in [7, 11) is 1.86. The zero-order valence-corrected chi connectivity index (χ0v) is 11.0. The molecule has 2 rings (SSSR count). The van der Waals surface area contributed by atoms with E-state index in [-0.39, 0.29) is 6.04 Å². The summed E-state index contributed by atoms with van der Waals surface area (Å²) < 4.78 is 1.74. The monoisotopic (exact) mass is 249 g/mol. The van der Waals surface area contributed by atoms with Crippen LogP contribution < -0.4 is 5.73 Å². The Hall–Kier alpha value is -1.32. The molecule has 0 aliphatic heterocycles. The van der Waals surface area contributed by atoms with Crippen LogP contribution in [0.3, 0.4) is 0 Å². The van der Waals surface area contributed by atoms with Gasteiger partial charge in [-0.3, -0.25) is 4.68 Å². The zero-order valence-electron chi connectivity index (χ0n) is 10.2. The van der Waals surface area contributed by atoms with Gasteiger partial charge in [0.05, 0.1) is 23.0 Å². The molecule has 0 bridgehead atoms. The first-order valence-electron chi connectivity index (χ1n) is 5.51. The molecule has 0 fully saturated rings. The van der Waals surface area contributed by atoms with Crippen molar-refractivity contribution in [2.24, 2.45) is 12.8 Å². The maximum atomic E-state index is 6.32. The summed E-state index contributed by atoms with van der Waals surface area (Å²) in [6, 6.07) is 5.92. The lowest BCUT2D eigenvalue weighted by Gasteiger charge is -2.18. The van der Waals surface area contributed by atoms with Crippen LogP contribution in [0.1, 0.15) is 28.4 Å². The van der Waals surface area contributed by atoms with E-state index in [0.717, 1.165) is 11.3 Å². The molecule has 0 saturated heterocycles. The van der Waals surface area contributed by atoms with Crippen molar-refractivity contribution in [3.63, 3.8) is 0 Å². The minimum absolute atomic E-state index is 0.240. The van der Waals surface area contributed by atoms with Gasteiger partial charge in [0, 0.05) is 7.05 Å². The molecule has 3 nitrogen and oxygen atoms in total. The first kappa shape index (κ1) is 12.1. The first-order chi connectivity index (χ1) is 8.02. The lowest BCUT2D eigenvalue weighted by Crippen LogP contribution is -2.18. The van der Waals surface area contributed by atoms with Gasteiger partial charge in [-0.1, -0.05) is 29.8 Å². The maximum Gasteiger partial charge on any atom is 0.0837 e. The molecule has 1 heterocycles. The van der Waals surface area contributed by atoms with Crippen molar-refractivity contribution in [1.82, 2.24) is 9.78 Å². The molecule has 1 aromatic heterocycles. The number of aromatic nitrogens is 2. The van der Waals surface area contributed by atoms with E-state index in [2.05, 4.69) is 31.1 Å². The van der Waals surface area contributed by atoms with Gasteiger partial charge >= 0.3 is 0 Å². The van der Waals surface area contributed by atoms with E-state index in [0.29, 0.717) is 5.02 Å². The molecular weight excluding hydrogens is 234 g/mol. The molecule has 2 N–H and O–H groups in total. The van der Waals surface area contributed by atoms with E-state index >= 15 is 0 Å². The fourth-order valence-corrected chi connectivity index (χ4v) is 2.51. The Bertz CT molecular complexity index is 506. The molecule has 0 aliphatic carbocycles. The molecule has 2 aromatic rings. The predicted molar refractivity (Wildman–Crippen MR) is 70.2 cm³/mol. The first-order valence-corrected chi connectivity index (χ1v) is 5.89. The second-order valence-corrected chi connectivity index (χ2v) is 4.69. The molecule has 1 atom stereocenters. The molecular formula is C13H16ClN3. The largest absolute Gasteiger partial charge is 0.319 e. The van der Waals surface area contributed by atoms with Crippen LogP contribution in [-0.2, 0) is 7.05 Å². The highest BCUT2D eigenvalue weighted by Crippen LogP contribution is 2.29. The highest BCUT2D eigenvalue weighted by Gasteiger charge is 2.19. The van der Waals surface area contributed by atoms with E-state index in [9.17, 15) is 0 Å². The number of nitrogens with two attached hydrogens (primary N) is 1. The summed E-state index contributed by atoms with van der Waals surface area (Å²) in [5.41, 5.74) is 10.6. The molecule has 1 unspecified atom stereocenters. The average molecular weight is 250 g/mol. The minimum Gasteiger partial charge on any atom is -0.319 e. The highest BCUT2D eigenvalue weighted by atomic mass is 35.5. The number of halogens is 1. The Labute approximate surface area is 106 Å². The summed E-state index contributed by atoms with van der Waals surface area (Å²) in [6.07, 6.45) is 1.63. The Balaban J connectivity index is 2.55. The predicted octanol–water partition coefficient (Wildman–Crippen LogP) is 2.74. The summed E-state index contributed by atoms with van der Waals surface area (Å²) >= 11 is 6.13. The van der Waals surface area contributed by atoms with Gasteiger partial charge in [0.15, 0.2) is 0 Å². The van der Waals surface area contributed by atoms with Crippen molar-refractivity contribution in [3.8, 4) is 0 Å². The van der Waals surface area contributed by atoms with E-state index in [1.54, 1.807) is 10.9 Å². The Morgan fingerprint density at radius 3 is 2.35 bits per heavy atom. The topological polar surface area (TPSA) is 43.8 Å². The van der Waals surface area contributed by atoms with E-state index in [4.69, 9.17) is 17.3 Å². The summed E-state index contributed by atoms with van der Waals surface area (Å²) in [6.45, 7) is 4.12. The number of hydrogen-bond donors (Lipinski definition) is 1. The second-order valence-electron chi connectivity index (χ2n) is 4.28. The molecule has 0 radical (unpaired) electrons. The van der Waals surface area contributed by atoms with Gasteiger partial charge < -0.3 is 5.73 Å². The smallest absolute Gasteiger partial charge is 0.0837 e. The standard InChI is InChI=1S/C13H16ClN3/c1-8-5-4-6-9(2)11(8)12(15)13-10(14)7-16-17(13)3/h4-7,12H,15H2,1-3H3. The number of nitrogens with zero attached hydrogens (tertiary/aromatic N) is 2. The van der Waals surface area contributed by atoms with Crippen molar-refractivity contribution < 1.29 is 0 Å². The molecule has 0 aliphatic rings. The number of benzene rings is 1. The fraction of sp³-hybridized carbons (Fsp3) is 0.308. The molecule has 90 valence electrons. The normalized spacial score (nSPS) is 12.8. The number of hydrogen-bond acceptors (Lipinski definition) is 2. The SMILES string of the molecule is Cc1cccc(C)c1C(N)c1c(Cl)cnn1C. The maximum absolute atomic E-state index is 6.32. The summed E-state index contributed by atoms with van der Waals surface area (Å²) in [5.74, 6) is 0. The van der Waals surface area contributed by atoms with Crippen LogP contribution in [0.25, 0.3) is 0 Å². The average Bonchev–Trinajstić information content (AvgIpc) is 2.58. The van der Waals surface area contributed by atoms with Crippen LogP contribution in [-0.4, -0.2) is 9.78 Å². The second kappa shape index (κ2) is 4.51. The van der Waals surface area contributed by atoms with Gasteiger partial charge in [-0.2, -0.15) is 5.10 Å². The molecule has 0 spiro atoms. The minimum atomic E-state index is -0.240. The van der Waals surface area contributed by atoms with Crippen molar-refractivity contribution in [1.29, 1.82) is 0 Å². The quantitative estimate of drug-likeness (QED) is 0.890. The lowest BCUT2D eigenvalue weighted by molar-refractivity contribution is 0.670. The molecule has 17 heavy (non-hydrogen) atoms. The van der Waals surface area contributed by atoms with Gasteiger partial charge in [-0.25, -0.2) is 0 Å². The van der Waals surface area contributed by atoms with Crippen LogP contribution in [0.15, 0.2) is 24.4 Å². The van der Waals surface area contributed by atoms with Crippen LogP contribution in [0.5, 0.6) is 0 Å². The highest BCUT2D eigenvalue weighted by molar-refractivity contribution is 6.31. The number of aryl methyl sites for hydroxylation is 3. The fourth-order valence-electron chi connectivity index (χ4n) is 2.22. The Morgan fingerprint density at radius 2 is 1.88 bits per heavy atom. The van der Waals surface area contributed by atoms with Crippen molar-refractivity contribution in [2.75, 3.05) is 0 Å². The van der Waals surface area contributed by atoms with E-state index in [1.165, 1.54) is 11.1 Å². The summed E-state index contributed by atoms with van der Waals surface area (Å²) in [4.78, 5) is 0. The van der Waals surface area contributed by atoms with Gasteiger partial charge in [-0.15, -0.1) is 0 Å². The van der Waals surface area contributed by atoms with Crippen molar-refractivity contribution in [2.45, 2.75) is 19.9 Å². The van der Waals surface area contributed by atoms with Crippen molar-refractivity contribution >= 4 is 11.6 Å². The third-order valence-corrected chi connectivity index (χ3v) is 3.38. The van der Waals surface area contributed by atoms with Crippen LogP contribution in [0.2, 0.25) is 5.02 Å².